The fraction of sp³-hybridized carbons (Fsp3) is 0.350. The summed E-state index contributed by atoms with van der Waals surface area (Å²) in [4.78, 5) is 31.2. The second-order valence-electron chi connectivity index (χ2n) is 6.37. The summed E-state index contributed by atoms with van der Waals surface area (Å²) in [5.41, 5.74) is 6.48. The Morgan fingerprint density at radius 1 is 1.30 bits per heavy atom. The van der Waals surface area contributed by atoms with E-state index < -0.39 is 18.1 Å². The summed E-state index contributed by atoms with van der Waals surface area (Å²) in [5.74, 6) is -0.00901. The van der Waals surface area contributed by atoms with Crippen molar-refractivity contribution >= 4 is 23.5 Å². The minimum absolute atomic E-state index is 0.229. The number of benzene rings is 1. The molecule has 1 aliphatic rings. The highest BCUT2D eigenvalue weighted by atomic mass is 16.5. The van der Waals surface area contributed by atoms with Crippen molar-refractivity contribution in [2.45, 2.75) is 38.8 Å². The van der Waals surface area contributed by atoms with Crippen molar-refractivity contribution in [3.05, 3.63) is 48.0 Å². The average molecular weight is 369 g/mol. The van der Waals surface area contributed by atoms with Crippen LogP contribution in [0.2, 0.25) is 0 Å². The molecule has 142 valence electrons. The van der Waals surface area contributed by atoms with E-state index in [1.165, 1.54) is 4.90 Å². The predicted octanol–water partition coefficient (Wildman–Crippen LogP) is 2.86. The highest BCUT2D eigenvalue weighted by Gasteiger charge is 2.41. The Kier molecular flexibility index (Phi) is 5.59. The number of aromatic nitrogens is 1. The lowest BCUT2D eigenvalue weighted by atomic mass is 10.1. The molecule has 2 atom stereocenters. The molecule has 0 fully saturated rings. The number of carbonyl (C=O) groups excluding carboxylic acids is 2. The number of nitrogens with two attached hydrogens (primary N) is 1. The first-order valence-corrected chi connectivity index (χ1v) is 9.00. The minimum Gasteiger partial charge on any atom is -0.472 e. The molecule has 0 spiro atoms. The van der Waals surface area contributed by atoms with Gasteiger partial charge in [0.05, 0.1) is 6.61 Å². The Morgan fingerprint density at radius 3 is 2.74 bits per heavy atom. The van der Waals surface area contributed by atoms with E-state index in [9.17, 15) is 9.59 Å². The molecule has 0 saturated carbocycles. The van der Waals surface area contributed by atoms with Crippen LogP contribution in [0.1, 0.15) is 38.4 Å². The van der Waals surface area contributed by atoms with Gasteiger partial charge in [0.2, 0.25) is 6.10 Å². The van der Waals surface area contributed by atoms with Gasteiger partial charge in [-0.15, -0.1) is 0 Å². The summed E-state index contributed by atoms with van der Waals surface area (Å²) in [6.07, 6.45) is 0.814. The molecule has 0 bridgehead atoms. The van der Waals surface area contributed by atoms with Crippen molar-refractivity contribution in [3.8, 4) is 5.75 Å². The van der Waals surface area contributed by atoms with Crippen molar-refractivity contribution in [1.29, 1.82) is 0 Å². The van der Waals surface area contributed by atoms with Crippen molar-refractivity contribution < 1.29 is 19.1 Å². The Hall–Kier alpha value is -3.09. The average Bonchev–Trinajstić information content (AvgIpc) is 2.68. The van der Waals surface area contributed by atoms with Crippen LogP contribution in [0.15, 0.2) is 42.5 Å². The van der Waals surface area contributed by atoms with Gasteiger partial charge < -0.3 is 15.2 Å². The van der Waals surface area contributed by atoms with Crippen LogP contribution < -0.4 is 15.4 Å². The molecule has 0 saturated heterocycles. The van der Waals surface area contributed by atoms with E-state index in [1.807, 2.05) is 25.1 Å². The molecule has 27 heavy (non-hydrogen) atoms. The number of carbonyl (C=O) groups is 2. The van der Waals surface area contributed by atoms with Gasteiger partial charge in [0.1, 0.15) is 11.9 Å². The molecule has 2 heterocycles. The third-order valence-electron chi connectivity index (χ3n) is 4.37. The number of nitrogen functional groups attached to an aromatic ring is 1. The van der Waals surface area contributed by atoms with Crippen LogP contribution in [0.25, 0.3) is 0 Å². The zero-order chi connectivity index (χ0) is 19.4. The topological polar surface area (TPSA) is 94.8 Å². The predicted molar refractivity (Wildman–Crippen MR) is 101 cm³/mol. The van der Waals surface area contributed by atoms with Gasteiger partial charge in [0.15, 0.2) is 11.6 Å². The largest absolute Gasteiger partial charge is 0.472 e. The molecule has 1 amide bonds. The van der Waals surface area contributed by atoms with E-state index in [4.69, 9.17) is 15.2 Å². The lowest BCUT2D eigenvalue weighted by Crippen LogP contribution is -2.50. The lowest BCUT2D eigenvalue weighted by Gasteiger charge is -2.36. The van der Waals surface area contributed by atoms with Crippen molar-refractivity contribution in [2.24, 2.45) is 0 Å². The number of nitrogens with zero attached hydrogens (tertiary/aromatic N) is 2. The second-order valence-corrected chi connectivity index (χ2v) is 6.37. The molecular weight excluding hydrogens is 346 g/mol. The maximum Gasteiger partial charge on any atom is 0.329 e. The van der Waals surface area contributed by atoms with Gasteiger partial charge in [0, 0.05) is 5.56 Å². The minimum atomic E-state index is -0.866. The molecule has 7 nitrogen and oxygen atoms in total. The summed E-state index contributed by atoms with van der Waals surface area (Å²) >= 11 is 0. The number of anilines is 2. The number of hydrogen-bond acceptors (Lipinski definition) is 6. The number of hydrogen-bond donors (Lipinski definition) is 1. The Balaban J connectivity index is 1.95. The van der Waals surface area contributed by atoms with E-state index in [1.54, 1.807) is 31.2 Å². The van der Waals surface area contributed by atoms with Crippen LogP contribution in [0.5, 0.6) is 5.75 Å². The molecule has 7 heteroatoms. The fourth-order valence-electron chi connectivity index (χ4n) is 2.88. The Labute approximate surface area is 158 Å². The summed E-state index contributed by atoms with van der Waals surface area (Å²) in [6, 6.07) is 11.5. The van der Waals surface area contributed by atoms with Crippen molar-refractivity contribution in [3.63, 3.8) is 0 Å². The number of rotatable bonds is 6. The fourth-order valence-corrected chi connectivity index (χ4v) is 2.88. The van der Waals surface area contributed by atoms with E-state index >= 15 is 0 Å². The Morgan fingerprint density at radius 2 is 2.04 bits per heavy atom. The van der Waals surface area contributed by atoms with E-state index in [0.717, 1.165) is 12.8 Å². The van der Waals surface area contributed by atoms with E-state index in [-0.39, 0.29) is 17.5 Å². The molecule has 2 unspecified atom stereocenters. The molecule has 1 aliphatic heterocycles. The molecule has 0 aliphatic carbocycles. The molecular formula is C20H23N3O4. The second kappa shape index (κ2) is 8.07. The number of esters is 1. The van der Waals surface area contributed by atoms with Crippen LogP contribution >= 0.6 is 0 Å². The first kappa shape index (κ1) is 18.7. The van der Waals surface area contributed by atoms with Crippen LogP contribution in [0.3, 0.4) is 0 Å². The van der Waals surface area contributed by atoms with Crippen molar-refractivity contribution in [1.82, 2.24) is 4.98 Å². The van der Waals surface area contributed by atoms with Crippen LogP contribution in [0.4, 0.5) is 11.6 Å². The maximum atomic E-state index is 13.2. The quantitative estimate of drug-likeness (QED) is 0.621. The third-order valence-corrected chi connectivity index (χ3v) is 4.37. The van der Waals surface area contributed by atoms with E-state index in [2.05, 4.69) is 4.98 Å². The summed E-state index contributed by atoms with van der Waals surface area (Å²) in [5, 5.41) is 0. The van der Waals surface area contributed by atoms with Gasteiger partial charge in [-0.3, -0.25) is 9.69 Å². The van der Waals surface area contributed by atoms with E-state index in [0.29, 0.717) is 17.9 Å². The molecule has 1 aromatic carbocycles. The van der Waals surface area contributed by atoms with Crippen LogP contribution in [-0.2, 0) is 14.3 Å². The van der Waals surface area contributed by atoms with Gasteiger partial charge in [-0.1, -0.05) is 43.7 Å². The zero-order valence-electron chi connectivity index (χ0n) is 15.4. The standard InChI is InChI=1S/C20H23N3O4/c1-3-4-12-26-20(25)13(2)23-18-15(10-11-16(21)22-18)27-17(19(23)24)14-8-6-5-7-9-14/h5-11,13,17H,3-4,12H2,1-2H3,(H2,21,22). The highest BCUT2D eigenvalue weighted by Crippen LogP contribution is 2.39. The molecule has 2 N–H and O–H groups in total. The summed E-state index contributed by atoms with van der Waals surface area (Å²) in [6.45, 7) is 3.95. The zero-order valence-corrected chi connectivity index (χ0v) is 15.4. The molecule has 2 aromatic rings. The number of ether oxygens (including phenoxy) is 2. The smallest absolute Gasteiger partial charge is 0.329 e. The number of fused-ring (bicyclic) bond motifs is 1. The molecule has 1 aromatic heterocycles. The van der Waals surface area contributed by atoms with Gasteiger partial charge in [-0.05, 0) is 25.5 Å². The first-order chi connectivity index (χ1) is 13.0. The van der Waals surface area contributed by atoms with Gasteiger partial charge in [-0.2, -0.15) is 0 Å². The molecule has 3 rings (SSSR count). The number of unbranched alkanes of at least 4 members (excludes halogenated alkanes) is 1. The number of pyridine rings is 1. The summed E-state index contributed by atoms with van der Waals surface area (Å²) < 4.78 is 11.2. The number of amides is 1. The summed E-state index contributed by atoms with van der Waals surface area (Å²) in [7, 11) is 0. The third kappa shape index (κ3) is 3.86. The highest BCUT2D eigenvalue weighted by molar-refractivity contribution is 6.04. The van der Waals surface area contributed by atoms with Gasteiger partial charge >= 0.3 is 5.97 Å². The monoisotopic (exact) mass is 369 g/mol. The van der Waals surface area contributed by atoms with Crippen molar-refractivity contribution in [2.75, 3.05) is 17.2 Å². The maximum absolute atomic E-state index is 13.2. The Bertz CT molecular complexity index is 825. The molecule has 0 radical (unpaired) electrons. The van der Waals surface area contributed by atoms with Gasteiger partial charge in [-0.25, -0.2) is 9.78 Å². The normalized spacial score (nSPS) is 17.0. The van der Waals surface area contributed by atoms with Crippen LogP contribution in [-0.4, -0.2) is 29.5 Å². The van der Waals surface area contributed by atoms with Crippen LogP contribution in [0, 0.1) is 0 Å². The first-order valence-electron chi connectivity index (χ1n) is 9.00. The van der Waals surface area contributed by atoms with Gasteiger partial charge in [0.25, 0.3) is 5.91 Å². The lowest BCUT2D eigenvalue weighted by molar-refractivity contribution is -0.147. The SMILES string of the molecule is CCCCOC(=O)C(C)N1C(=O)C(c2ccccc2)Oc2ccc(N)nc21.